The molecule has 0 aliphatic carbocycles. The maximum atomic E-state index is 13.2. The number of anilines is 1. The van der Waals surface area contributed by atoms with Gasteiger partial charge in [-0.15, -0.1) is 0 Å². The highest BCUT2D eigenvalue weighted by Crippen LogP contribution is 2.37. The predicted octanol–water partition coefficient (Wildman–Crippen LogP) is 4.99. The van der Waals surface area contributed by atoms with E-state index in [1.54, 1.807) is 41.4 Å². The second kappa shape index (κ2) is 8.84. The number of ether oxygens (including phenoxy) is 1. The normalized spacial score (nSPS) is 16.4. The highest BCUT2D eigenvalue weighted by atomic mass is 32.2. The van der Waals surface area contributed by atoms with Crippen molar-refractivity contribution in [3.8, 4) is 11.5 Å². The number of aliphatic imine (C=N–C) groups is 1. The predicted molar refractivity (Wildman–Crippen MR) is 120 cm³/mol. The Kier molecular flexibility index (Phi) is 5.81. The second-order valence-corrected chi connectivity index (χ2v) is 7.36. The molecule has 0 radical (unpaired) electrons. The zero-order valence-corrected chi connectivity index (χ0v) is 17.0. The van der Waals surface area contributed by atoms with Gasteiger partial charge in [-0.25, -0.2) is 9.98 Å². The molecule has 0 unspecified atom stereocenters. The van der Waals surface area contributed by atoms with Gasteiger partial charge < -0.3 is 9.84 Å². The number of rotatable bonds is 5. The minimum atomic E-state index is -0.192. The Labute approximate surface area is 178 Å². The molecule has 1 aliphatic heterocycles. The van der Waals surface area contributed by atoms with Crippen molar-refractivity contribution >= 4 is 40.4 Å². The van der Waals surface area contributed by atoms with Gasteiger partial charge in [0.15, 0.2) is 11.0 Å². The fourth-order valence-corrected chi connectivity index (χ4v) is 3.91. The summed E-state index contributed by atoms with van der Waals surface area (Å²) in [6.45, 7) is 2.49. The van der Waals surface area contributed by atoms with Crippen LogP contribution >= 0.6 is 11.8 Å². The third kappa shape index (κ3) is 4.36. The van der Waals surface area contributed by atoms with E-state index in [-0.39, 0.29) is 11.7 Å². The van der Waals surface area contributed by atoms with Gasteiger partial charge in [-0.3, -0.25) is 9.69 Å². The SMILES string of the molecule is CCOc1ccc(N2C(=O)/C(=C/c3cccc(O)c3)S/C2=N\c2ccccn2)cc1. The number of thioether (sulfide) groups is 1. The van der Waals surface area contributed by atoms with Gasteiger partial charge in [0, 0.05) is 6.20 Å². The summed E-state index contributed by atoms with van der Waals surface area (Å²) in [7, 11) is 0. The van der Waals surface area contributed by atoms with Crippen molar-refractivity contribution in [2.45, 2.75) is 6.92 Å². The maximum absolute atomic E-state index is 13.2. The van der Waals surface area contributed by atoms with Gasteiger partial charge in [-0.05, 0) is 78.9 Å². The number of benzene rings is 2. The number of aromatic nitrogens is 1. The number of carbonyl (C=O) groups is 1. The van der Waals surface area contributed by atoms with Crippen molar-refractivity contribution in [1.82, 2.24) is 4.98 Å². The lowest BCUT2D eigenvalue weighted by Gasteiger charge is -2.16. The van der Waals surface area contributed by atoms with E-state index in [1.165, 1.54) is 11.8 Å². The molecule has 3 aromatic rings. The summed E-state index contributed by atoms with van der Waals surface area (Å²) in [5, 5.41) is 10.2. The summed E-state index contributed by atoms with van der Waals surface area (Å²) in [5.41, 5.74) is 1.42. The monoisotopic (exact) mass is 417 g/mol. The van der Waals surface area contributed by atoms with E-state index in [2.05, 4.69) is 9.98 Å². The van der Waals surface area contributed by atoms with E-state index in [9.17, 15) is 9.90 Å². The third-order valence-corrected chi connectivity index (χ3v) is 5.21. The first kappa shape index (κ1) is 19.7. The van der Waals surface area contributed by atoms with Crippen LogP contribution in [0.25, 0.3) is 6.08 Å². The molecule has 1 aromatic heterocycles. The fraction of sp³-hybridized carbons (Fsp3) is 0.0870. The van der Waals surface area contributed by atoms with Crippen LogP contribution in [0, 0.1) is 0 Å². The van der Waals surface area contributed by atoms with E-state index in [0.29, 0.717) is 28.2 Å². The van der Waals surface area contributed by atoms with Crippen LogP contribution in [-0.2, 0) is 4.79 Å². The molecule has 30 heavy (non-hydrogen) atoms. The second-order valence-electron chi connectivity index (χ2n) is 6.36. The van der Waals surface area contributed by atoms with Gasteiger partial charge in [0.1, 0.15) is 11.5 Å². The molecule has 2 aromatic carbocycles. The summed E-state index contributed by atoms with van der Waals surface area (Å²) >= 11 is 1.27. The Balaban J connectivity index is 1.74. The van der Waals surface area contributed by atoms with E-state index in [4.69, 9.17) is 4.74 Å². The van der Waals surface area contributed by atoms with Gasteiger partial charge in [0.2, 0.25) is 0 Å². The van der Waals surface area contributed by atoms with E-state index in [1.807, 2.05) is 49.4 Å². The number of phenolic OH excluding ortho intramolecular Hbond substituents is 1. The zero-order chi connectivity index (χ0) is 20.9. The molecule has 2 heterocycles. The molecular formula is C23H19N3O3S. The van der Waals surface area contributed by atoms with Crippen LogP contribution in [0.1, 0.15) is 12.5 Å². The van der Waals surface area contributed by atoms with Crippen molar-refractivity contribution in [2.75, 3.05) is 11.5 Å². The topological polar surface area (TPSA) is 75.0 Å². The van der Waals surface area contributed by atoms with Crippen molar-refractivity contribution in [1.29, 1.82) is 0 Å². The number of phenols is 1. The van der Waals surface area contributed by atoms with Crippen molar-refractivity contribution in [2.24, 2.45) is 4.99 Å². The molecule has 0 spiro atoms. The molecule has 1 amide bonds. The molecule has 1 aliphatic rings. The lowest BCUT2D eigenvalue weighted by Crippen LogP contribution is -2.28. The molecule has 0 saturated carbocycles. The van der Waals surface area contributed by atoms with Crippen LogP contribution in [-0.4, -0.2) is 27.8 Å². The minimum Gasteiger partial charge on any atom is -0.508 e. The fourth-order valence-electron chi connectivity index (χ4n) is 2.92. The third-order valence-electron chi connectivity index (χ3n) is 4.24. The molecule has 6 nitrogen and oxygen atoms in total. The van der Waals surface area contributed by atoms with Gasteiger partial charge in [-0.1, -0.05) is 18.2 Å². The first-order valence-corrected chi connectivity index (χ1v) is 10.2. The lowest BCUT2D eigenvalue weighted by molar-refractivity contribution is -0.113. The van der Waals surface area contributed by atoms with Crippen LogP contribution in [0.5, 0.6) is 11.5 Å². The molecule has 0 bridgehead atoms. The summed E-state index contributed by atoms with van der Waals surface area (Å²) < 4.78 is 5.50. The quantitative estimate of drug-likeness (QED) is 0.592. The van der Waals surface area contributed by atoms with Crippen molar-refractivity contribution < 1.29 is 14.6 Å². The number of amides is 1. The molecule has 7 heteroatoms. The Bertz CT molecular complexity index is 1110. The lowest BCUT2D eigenvalue weighted by atomic mass is 10.2. The first-order chi connectivity index (χ1) is 14.6. The molecular weight excluding hydrogens is 398 g/mol. The standard InChI is InChI=1S/C23H19N3O3S/c1-2-29-19-11-9-17(10-12-19)26-22(28)20(15-16-6-5-7-18(27)14-16)30-23(26)25-21-8-3-4-13-24-21/h3-15,27H,2H2,1H3/b20-15-,25-23-. The number of amidine groups is 1. The summed E-state index contributed by atoms with van der Waals surface area (Å²) in [6.07, 6.45) is 3.40. The Morgan fingerprint density at radius 1 is 1.13 bits per heavy atom. The van der Waals surface area contributed by atoms with Gasteiger partial charge in [0.25, 0.3) is 5.91 Å². The average molecular weight is 417 g/mol. The molecule has 1 saturated heterocycles. The number of aromatic hydroxyl groups is 1. The number of hydrogen-bond acceptors (Lipinski definition) is 6. The Hall–Kier alpha value is -3.58. The summed E-state index contributed by atoms with van der Waals surface area (Å²) in [5.74, 6) is 1.20. The van der Waals surface area contributed by atoms with Gasteiger partial charge in [-0.2, -0.15) is 0 Å². The van der Waals surface area contributed by atoms with Gasteiger partial charge >= 0.3 is 0 Å². The first-order valence-electron chi connectivity index (χ1n) is 9.39. The van der Waals surface area contributed by atoms with Crippen molar-refractivity contribution in [3.05, 3.63) is 83.4 Å². The highest BCUT2D eigenvalue weighted by molar-refractivity contribution is 8.19. The average Bonchev–Trinajstić information content (AvgIpc) is 3.04. The smallest absolute Gasteiger partial charge is 0.271 e. The van der Waals surface area contributed by atoms with Crippen LogP contribution < -0.4 is 9.64 Å². The molecule has 150 valence electrons. The van der Waals surface area contributed by atoms with E-state index >= 15 is 0 Å². The van der Waals surface area contributed by atoms with E-state index < -0.39 is 0 Å². The Morgan fingerprint density at radius 2 is 1.97 bits per heavy atom. The number of carbonyl (C=O) groups excluding carboxylic acids is 1. The molecule has 0 atom stereocenters. The van der Waals surface area contributed by atoms with Crippen LogP contribution in [0.4, 0.5) is 11.5 Å². The number of nitrogens with zero attached hydrogens (tertiary/aromatic N) is 3. The highest BCUT2D eigenvalue weighted by Gasteiger charge is 2.35. The van der Waals surface area contributed by atoms with Gasteiger partial charge in [0.05, 0.1) is 17.2 Å². The van der Waals surface area contributed by atoms with Crippen LogP contribution in [0.3, 0.4) is 0 Å². The molecule has 1 N–H and O–H groups in total. The zero-order valence-electron chi connectivity index (χ0n) is 16.2. The largest absolute Gasteiger partial charge is 0.508 e. The summed E-state index contributed by atoms with van der Waals surface area (Å²) in [6, 6.07) is 19.5. The van der Waals surface area contributed by atoms with E-state index in [0.717, 1.165) is 11.3 Å². The maximum Gasteiger partial charge on any atom is 0.271 e. The number of hydrogen-bond donors (Lipinski definition) is 1. The number of pyridine rings is 1. The van der Waals surface area contributed by atoms with Crippen LogP contribution in [0.2, 0.25) is 0 Å². The van der Waals surface area contributed by atoms with Crippen LogP contribution in [0.15, 0.2) is 82.8 Å². The minimum absolute atomic E-state index is 0.144. The molecule has 4 rings (SSSR count). The van der Waals surface area contributed by atoms with Crippen molar-refractivity contribution in [3.63, 3.8) is 0 Å². The summed E-state index contributed by atoms with van der Waals surface area (Å²) in [4.78, 5) is 24.1. The molecule has 1 fully saturated rings. The Morgan fingerprint density at radius 3 is 2.67 bits per heavy atom.